The van der Waals surface area contributed by atoms with Gasteiger partial charge in [-0.25, -0.2) is 8.42 Å². The van der Waals surface area contributed by atoms with E-state index in [2.05, 4.69) is 12.1 Å². The highest BCUT2D eigenvalue weighted by Gasteiger charge is 2.31. The van der Waals surface area contributed by atoms with Gasteiger partial charge >= 0.3 is 0 Å². The summed E-state index contributed by atoms with van der Waals surface area (Å²) in [6.07, 6.45) is 2.38. The van der Waals surface area contributed by atoms with Crippen LogP contribution >= 0.6 is 0 Å². The first-order chi connectivity index (χ1) is 10.0. The minimum absolute atomic E-state index is 0.0133. The van der Waals surface area contributed by atoms with Crippen molar-refractivity contribution in [1.82, 2.24) is 4.31 Å². The van der Waals surface area contributed by atoms with E-state index in [0.717, 1.165) is 12.8 Å². The fourth-order valence-corrected chi connectivity index (χ4v) is 4.35. The number of aryl methyl sites for hydroxylation is 1. The minimum Gasteiger partial charge on any atom is -0.373 e. The van der Waals surface area contributed by atoms with Crippen molar-refractivity contribution in [2.45, 2.75) is 45.3 Å². The first kappa shape index (κ1) is 16.5. The molecule has 1 aliphatic rings. The smallest absolute Gasteiger partial charge is 0.214 e. The third-order valence-electron chi connectivity index (χ3n) is 3.75. The second-order valence-electron chi connectivity index (χ2n) is 5.73. The molecule has 1 fully saturated rings. The standard InChI is InChI=1S/C16H25NO3S/c1-3-11-21(18,19)17-12-14(2)20-16(13-17)10-9-15-7-5-4-6-8-15/h4-8,14,16H,3,9-13H2,1-2H3. The largest absolute Gasteiger partial charge is 0.373 e. The maximum atomic E-state index is 12.2. The maximum Gasteiger partial charge on any atom is 0.214 e. The summed E-state index contributed by atoms with van der Waals surface area (Å²) in [6.45, 7) is 4.81. The molecule has 21 heavy (non-hydrogen) atoms. The van der Waals surface area contributed by atoms with Crippen LogP contribution in [0.1, 0.15) is 32.3 Å². The number of rotatable bonds is 6. The van der Waals surface area contributed by atoms with Crippen molar-refractivity contribution < 1.29 is 13.2 Å². The molecule has 0 bridgehead atoms. The molecule has 1 aromatic rings. The third kappa shape index (κ3) is 4.80. The lowest BCUT2D eigenvalue weighted by atomic mass is 10.1. The lowest BCUT2D eigenvalue weighted by molar-refractivity contribution is -0.0567. The minimum atomic E-state index is -3.13. The van der Waals surface area contributed by atoms with Crippen molar-refractivity contribution in [1.29, 1.82) is 0 Å². The molecule has 5 heteroatoms. The normalized spacial score (nSPS) is 24.1. The van der Waals surface area contributed by atoms with Gasteiger partial charge in [0.05, 0.1) is 18.0 Å². The molecule has 1 aliphatic heterocycles. The SMILES string of the molecule is CCCS(=O)(=O)N1CC(C)OC(CCc2ccccc2)C1. The van der Waals surface area contributed by atoms with Crippen LogP contribution in [-0.4, -0.2) is 43.8 Å². The molecule has 2 rings (SSSR count). The van der Waals surface area contributed by atoms with E-state index in [1.807, 2.05) is 32.0 Å². The Balaban J connectivity index is 1.95. The number of benzene rings is 1. The number of nitrogens with zero attached hydrogens (tertiary/aromatic N) is 1. The monoisotopic (exact) mass is 311 g/mol. The Labute approximate surface area is 128 Å². The van der Waals surface area contributed by atoms with Crippen LogP contribution in [0.2, 0.25) is 0 Å². The van der Waals surface area contributed by atoms with Gasteiger partial charge in [0, 0.05) is 13.1 Å². The van der Waals surface area contributed by atoms with Gasteiger partial charge < -0.3 is 4.74 Å². The van der Waals surface area contributed by atoms with Gasteiger partial charge in [-0.3, -0.25) is 0 Å². The van der Waals surface area contributed by atoms with E-state index in [4.69, 9.17) is 4.74 Å². The average Bonchev–Trinajstić information content (AvgIpc) is 2.46. The Morgan fingerprint density at radius 1 is 1.24 bits per heavy atom. The molecule has 1 saturated heterocycles. The van der Waals surface area contributed by atoms with Gasteiger partial charge in [-0.2, -0.15) is 4.31 Å². The Kier molecular flexibility index (Phi) is 5.79. The Bertz CT molecular complexity index is 530. The summed E-state index contributed by atoms with van der Waals surface area (Å²) in [5.74, 6) is 0.227. The summed E-state index contributed by atoms with van der Waals surface area (Å²) < 4.78 is 32.0. The highest BCUT2D eigenvalue weighted by Crippen LogP contribution is 2.19. The molecule has 0 radical (unpaired) electrons. The van der Waals surface area contributed by atoms with E-state index in [-0.39, 0.29) is 18.0 Å². The van der Waals surface area contributed by atoms with Crippen LogP contribution in [0.3, 0.4) is 0 Å². The number of morpholine rings is 1. The lowest BCUT2D eigenvalue weighted by Crippen LogP contribution is -2.49. The summed E-state index contributed by atoms with van der Waals surface area (Å²) in [4.78, 5) is 0. The van der Waals surface area contributed by atoms with Crippen molar-refractivity contribution in [2.24, 2.45) is 0 Å². The van der Waals surface area contributed by atoms with Crippen LogP contribution in [0.15, 0.2) is 30.3 Å². The molecular weight excluding hydrogens is 286 g/mol. The summed E-state index contributed by atoms with van der Waals surface area (Å²) in [6, 6.07) is 10.2. The molecule has 0 amide bonds. The fraction of sp³-hybridized carbons (Fsp3) is 0.625. The first-order valence-electron chi connectivity index (χ1n) is 7.68. The lowest BCUT2D eigenvalue weighted by Gasteiger charge is -2.36. The third-order valence-corrected chi connectivity index (χ3v) is 5.76. The van der Waals surface area contributed by atoms with E-state index < -0.39 is 10.0 Å². The zero-order valence-corrected chi connectivity index (χ0v) is 13.7. The summed E-state index contributed by atoms with van der Waals surface area (Å²) in [7, 11) is -3.13. The van der Waals surface area contributed by atoms with E-state index in [0.29, 0.717) is 19.5 Å². The molecule has 0 spiro atoms. The van der Waals surface area contributed by atoms with Gasteiger partial charge in [-0.05, 0) is 31.7 Å². The summed E-state index contributed by atoms with van der Waals surface area (Å²) >= 11 is 0. The van der Waals surface area contributed by atoms with Crippen LogP contribution < -0.4 is 0 Å². The zero-order chi connectivity index (χ0) is 15.3. The summed E-state index contributed by atoms with van der Waals surface area (Å²) in [5.41, 5.74) is 1.27. The molecule has 0 saturated carbocycles. The van der Waals surface area contributed by atoms with Crippen LogP contribution in [0.25, 0.3) is 0 Å². The molecule has 118 valence electrons. The Hall–Kier alpha value is -0.910. The van der Waals surface area contributed by atoms with Gasteiger partial charge in [0.15, 0.2) is 0 Å². The fourth-order valence-electron chi connectivity index (χ4n) is 2.75. The van der Waals surface area contributed by atoms with Gasteiger partial charge in [0.25, 0.3) is 0 Å². The Morgan fingerprint density at radius 2 is 1.95 bits per heavy atom. The van der Waals surface area contributed by atoms with Crippen molar-refractivity contribution >= 4 is 10.0 Å². The van der Waals surface area contributed by atoms with Crippen molar-refractivity contribution in [2.75, 3.05) is 18.8 Å². The second-order valence-corrected chi connectivity index (χ2v) is 7.81. The number of hydrogen-bond donors (Lipinski definition) is 0. The van der Waals surface area contributed by atoms with Crippen LogP contribution in [0.4, 0.5) is 0 Å². The molecule has 2 atom stereocenters. The predicted molar refractivity (Wildman–Crippen MR) is 84.7 cm³/mol. The highest BCUT2D eigenvalue weighted by atomic mass is 32.2. The molecule has 4 nitrogen and oxygen atoms in total. The van der Waals surface area contributed by atoms with E-state index >= 15 is 0 Å². The predicted octanol–water partition coefficient (Wildman–Crippen LogP) is 2.45. The van der Waals surface area contributed by atoms with Gasteiger partial charge in [0.2, 0.25) is 10.0 Å². The van der Waals surface area contributed by atoms with Crippen LogP contribution in [0, 0.1) is 0 Å². The number of ether oxygens (including phenoxy) is 1. The quantitative estimate of drug-likeness (QED) is 0.811. The zero-order valence-electron chi connectivity index (χ0n) is 12.9. The topological polar surface area (TPSA) is 46.6 Å². The second kappa shape index (κ2) is 7.38. The molecule has 0 N–H and O–H groups in total. The average molecular weight is 311 g/mol. The van der Waals surface area contributed by atoms with Gasteiger partial charge in [0.1, 0.15) is 0 Å². The van der Waals surface area contributed by atoms with Gasteiger partial charge in [-0.1, -0.05) is 37.3 Å². The molecule has 0 aromatic heterocycles. The number of sulfonamides is 1. The molecule has 2 unspecified atom stereocenters. The molecule has 1 heterocycles. The van der Waals surface area contributed by atoms with Crippen molar-refractivity contribution in [3.05, 3.63) is 35.9 Å². The van der Waals surface area contributed by atoms with Crippen LogP contribution in [0.5, 0.6) is 0 Å². The molecule has 0 aliphatic carbocycles. The highest BCUT2D eigenvalue weighted by molar-refractivity contribution is 7.89. The van der Waals surface area contributed by atoms with Crippen LogP contribution in [-0.2, 0) is 21.2 Å². The molecule has 1 aromatic carbocycles. The number of hydrogen-bond acceptors (Lipinski definition) is 3. The van der Waals surface area contributed by atoms with Crippen molar-refractivity contribution in [3.8, 4) is 0 Å². The first-order valence-corrected chi connectivity index (χ1v) is 9.29. The molecular formula is C16H25NO3S. The maximum absolute atomic E-state index is 12.2. The van der Waals surface area contributed by atoms with E-state index in [1.165, 1.54) is 5.56 Å². The van der Waals surface area contributed by atoms with E-state index in [1.54, 1.807) is 4.31 Å². The van der Waals surface area contributed by atoms with Crippen molar-refractivity contribution in [3.63, 3.8) is 0 Å². The Morgan fingerprint density at radius 3 is 2.62 bits per heavy atom. The summed E-state index contributed by atoms with van der Waals surface area (Å²) in [5, 5.41) is 0. The van der Waals surface area contributed by atoms with E-state index in [9.17, 15) is 8.42 Å². The van der Waals surface area contributed by atoms with Gasteiger partial charge in [-0.15, -0.1) is 0 Å².